The summed E-state index contributed by atoms with van der Waals surface area (Å²) in [7, 11) is 0. The van der Waals surface area contributed by atoms with E-state index in [4.69, 9.17) is 4.74 Å². The molecule has 1 heterocycles. The topological polar surface area (TPSA) is 9.23 Å². The van der Waals surface area contributed by atoms with Gasteiger partial charge >= 0.3 is 0 Å². The number of ether oxygens (including phenoxy) is 1. The Morgan fingerprint density at radius 1 is 1.06 bits per heavy atom. The summed E-state index contributed by atoms with van der Waals surface area (Å²) in [5, 5.41) is 0. The summed E-state index contributed by atoms with van der Waals surface area (Å²) in [5.74, 6) is 1.22. The predicted octanol–water partition coefficient (Wildman–Crippen LogP) is 3.41. The Hall–Kier alpha value is -0.980. The molecule has 0 aromatic heterocycles. The van der Waals surface area contributed by atoms with Crippen LogP contribution in [-0.4, -0.2) is 6.61 Å². The maximum atomic E-state index is 5.88. The Bertz CT molecular complexity index is 405. The van der Waals surface area contributed by atoms with Crippen LogP contribution in [0.5, 0.6) is 5.75 Å². The van der Waals surface area contributed by atoms with Gasteiger partial charge in [-0.3, -0.25) is 0 Å². The van der Waals surface area contributed by atoms with E-state index in [0.29, 0.717) is 0 Å². The second-order valence-corrected chi connectivity index (χ2v) is 6.08. The highest BCUT2D eigenvalue weighted by molar-refractivity contribution is 5.56. The minimum atomic E-state index is 0.212. The molecule has 1 aromatic rings. The van der Waals surface area contributed by atoms with E-state index >= 15 is 0 Å². The Kier molecular flexibility index (Phi) is 2.07. The minimum Gasteiger partial charge on any atom is -0.493 e. The van der Waals surface area contributed by atoms with Crippen molar-refractivity contribution in [2.24, 2.45) is 0 Å². The second kappa shape index (κ2) is 3.26. The summed E-state index contributed by atoms with van der Waals surface area (Å²) >= 11 is 0. The third-order valence-electron chi connectivity index (χ3n) is 3.80. The SMILES string of the molecule is CC(C)(C)c1c2c(cc3c1OCC3)CCC2. The first-order chi connectivity index (χ1) is 7.57. The van der Waals surface area contributed by atoms with E-state index in [9.17, 15) is 0 Å². The van der Waals surface area contributed by atoms with Gasteiger partial charge in [-0.15, -0.1) is 0 Å². The van der Waals surface area contributed by atoms with Crippen LogP contribution in [0.15, 0.2) is 6.07 Å². The van der Waals surface area contributed by atoms with Crippen molar-refractivity contribution in [3.05, 3.63) is 28.3 Å². The van der Waals surface area contributed by atoms with Crippen LogP contribution in [0.2, 0.25) is 0 Å². The fourth-order valence-electron chi connectivity index (χ4n) is 3.19. The molecule has 0 spiro atoms. The monoisotopic (exact) mass is 216 g/mol. The Morgan fingerprint density at radius 3 is 2.62 bits per heavy atom. The first kappa shape index (κ1) is 10.2. The summed E-state index contributed by atoms with van der Waals surface area (Å²) in [5.41, 5.74) is 6.34. The fourth-order valence-corrected chi connectivity index (χ4v) is 3.19. The van der Waals surface area contributed by atoms with E-state index in [2.05, 4.69) is 26.8 Å². The van der Waals surface area contributed by atoms with Crippen molar-refractivity contribution in [2.75, 3.05) is 6.61 Å². The van der Waals surface area contributed by atoms with Crippen LogP contribution >= 0.6 is 0 Å². The molecule has 0 fully saturated rings. The van der Waals surface area contributed by atoms with Crippen LogP contribution < -0.4 is 4.74 Å². The molecular formula is C15H20O. The maximum Gasteiger partial charge on any atom is 0.126 e. The van der Waals surface area contributed by atoms with Gasteiger partial charge in [0.05, 0.1) is 6.61 Å². The molecule has 0 amide bonds. The van der Waals surface area contributed by atoms with Crippen LogP contribution in [0.25, 0.3) is 0 Å². The lowest BCUT2D eigenvalue weighted by molar-refractivity contribution is 0.346. The second-order valence-electron chi connectivity index (χ2n) is 6.08. The third-order valence-corrected chi connectivity index (χ3v) is 3.80. The summed E-state index contributed by atoms with van der Waals surface area (Å²) < 4.78 is 5.88. The van der Waals surface area contributed by atoms with Gasteiger partial charge in [0.25, 0.3) is 0 Å². The summed E-state index contributed by atoms with van der Waals surface area (Å²) in [4.78, 5) is 0. The number of rotatable bonds is 0. The standard InChI is InChI=1S/C15H20O/c1-15(2,3)13-12-6-4-5-10(12)9-11-7-8-16-14(11)13/h9H,4-8H2,1-3H3. The molecule has 1 aliphatic heterocycles. The summed E-state index contributed by atoms with van der Waals surface area (Å²) in [6.07, 6.45) is 4.94. The highest BCUT2D eigenvalue weighted by Gasteiger charge is 2.31. The van der Waals surface area contributed by atoms with Gasteiger partial charge in [0.1, 0.15) is 5.75 Å². The first-order valence-electron chi connectivity index (χ1n) is 6.38. The van der Waals surface area contributed by atoms with Crippen molar-refractivity contribution in [1.29, 1.82) is 0 Å². The van der Waals surface area contributed by atoms with Crippen LogP contribution in [0.3, 0.4) is 0 Å². The van der Waals surface area contributed by atoms with Crippen molar-refractivity contribution in [3.8, 4) is 5.75 Å². The third kappa shape index (κ3) is 1.37. The number of benzene rings is 1. The number of hydrogen-bond donors (Lipinski definition) is 0. The molecule has 86 valence electrons. The molecule has 16 heavy (non-hydrogen) atoms. The fraction of sp³-hybridized carbons (Fsp3) is 0.600. The molecule has 0 unspecified atom stereocenters. The Labute approximate surface area is 97.8 Å². The van der Waals surface area contributed by atoms with Gasteiger partial charge in [-0.1, -0.05) is 26.8 Å². The van der Waals surface area contributed by atoms with E-state index in [0.717, 1.165) is 13.0 Å². The molecule has 0 saturated carbocycles. The lowest BCUT2D eigenvalue weighted by Crippen LogP contribution is -2.16. The van der Waals surface area contributed by atoms with E-state index in [1.165, 1.54) is 36.1 Å². The number of aryl methyl sites for hydroxylation is 1. The molecule has 0 N–H and O–H groups in total. The van der Waals surface area contributed by atoms with Crippen LogP contribution in [0.1, 0.15) is 49.4 Å². The number of fused-ring (bicyclic) bond motifs is 2. The molecule has 1 nitrogen and oxygen atoms in total. The van der Waals surface area contributed by atoms with E-state index in [1.54, 1.807) is 11.1 Å². The predicted molar refractivity (Wildman–Crippen MR) is 66.4 cm³/mol. The van der Waals surface area contributed by atoms with Crippen molar-refractivity contribution in [1.82, 2.24) is 0 Å². The van der Waals surface area contributed by atoms with Crippen molar-refractivity contribution in [3.63, 3.8) is 0 Å². The molecule has 0 atom stereocenters. The molecule has 0 radical (unpaired) electrons. The van der Waals surface area contributed by atoms with E-state index in [-0.39, 0.29) is 5.41 Å². The molecule has 1 heteroatoms. The highest BCUT2D eigenvalue weighted by atomic mass is 16.5. The normalized spacial score (nSPS) is 18.2. The van der Waals surface area contributed by atoms with Gasteiger partial charge in [-0.05, 0) is 41.4 Å². The Balaban J connectivity index is 2.28. The molecule has 1 aliphatic carbocycles. The van der Waals surface area contributed by atoms with E-state index < -0.39 is 0 Å². The van der Waals surface area contributed by atoms with Crippen molar-refractivity contribution >= 4 is 0 Å². The zero-order chi connectivity index (χ0) is 11.3. The van der Waals surface area contributed by atoms with E-state index in [1.807, 2.05) is 0 Å². The van der Waals surface area contributed by atoms with Crippen LogP contribution in [-0.2, 0) is 24.7 Å². The molecule has 0 bridgehead atoms. The molecule has 2 aliphatic rings. The van der Waals surface area contributed by atoms with Crippen LogP contribution in [0.4, 0.5) is 0 Å². The maximum absolute atomic E-state index is 5.88. The van der Waals surface area contributed by atoms with Gasteiger partial charge in [-0.25, -0.2) is 0 Å². The minimum absolute atomic E-state index is 0.212. The lowest BCUT2D eigenvalue weighted by Gasteiger charge is -2.25. The first-order valence-corrected chi connectivity index (χ1v) is 6.38. The van der Waals surface area contributed by atoms with Crippen molar-refractivity contribution in [2.45, 2.75) is 51.9 Å². The summed E-state index contributed by atoms with van der Waals surface area (Å²) in [6, 6.07) is 2.40. The number of hydrogen-bond acceptors (Lipinski definition) is 1. The largest absolute Gasteiger partial charge is 0.493 e. The van der Waals surface area contributed by atoms with Gasteiger partial charge < -0.3 is 4.74 Å². The zero-order valence-corrected chi connectivity index (χ0v) is 10.5. The average Bonchev–Trinajstić information content (AvgIpc) is 2.77. The quantitative estimate of drug-likeness (QED) is 0.646. The molecule has 1 aromatic carbocycles. The molecular weight excluding hydrogens is 196 g/mol. The smallest absolute Gasteiger partial charge is 0.126 e. The Morgan fingerprint density at radius 2 is 1.88 bits per heavy atom. The van der Waals surface area contributed by atoms with Crippen LogP contribution in [0, 0.1) is 0 Å². The molecule has 0 saturated heterocycles. The average molecular weight is 216 g/mol. The van der Waals surface area contributed by atoms with Gasteiger partial charge in [0.2, 0.25) is 0 Å². The van der Waals surface area contributed by atoms with Gasteiger partial charge in [-0.2, -0.15) is 0 Å². The highest BCUT2D eigenvalue weighted by Crippen LogP contribution is 2.44. The van der Waals surface area contributed by atoms with Gasteiger partial charge in [0.15, 0.2) is 0 Å². The lowest BCUT2D eigenvalue weighted by atomic mass is 9.80. The molecule has 3 rings (SSSR count). The zero-order valence-electron chi connectivity index (χ0n) is 10.5. The van der Waals surface area contributed by atoms with Gasteiger partial charge in [0, 0.05) is 12.0 Å². The van der Waals surface area contributed by atoms with Crippen molar-refractivity contribution < 1.29 is 4.74 Å². The summed E-state index contributed by atoms with van der Waals surface area (Å²) in [6.45, 7) is 7.80.